The average molecular weight is 1050 g/mol. The van der Waals surface area contributed by atoms with E-state index in [9.17, 15) is 14.4 Å². The first kappa shape index (κ1) is 64.7. The Balaban J connectivity index is 0.000000301. The number of hydrogen-bond acceptors (Lipinski definition) is 6. The lowest BCUT2D eigenvalue weighted by molar-refractivity contribution is -0.894. The van der Waals surface area contributed by atoms with E-state index in [1.165, 1.54) is 111 Å². The zero-order valence-electron chi connectivity index (χ0n) is 46.6. The third kappa shape index (κ3) is 29.3. The molecular formula is C62H85N9O6+8. The highest BCUT2D eigenvalue weighted by molar-refractivity contribution is 5.92. The van der Waals surface area contributed by atoms with Crippen LogP contribution in [0.4, 0.5) is 0 Å². The number of rotatable bonds is 6. The number of fused-ring (bicyclic) bond motifs is 3. The Labute approximate surface area is 455 Å². The number of carboxylic acids is 1. The Morgan fingerprint density at radius 1 is 0.532 bits per heavy atom. The van der Waals surface area contributed by atoms with Gasteiger partial charge in [-0.2, -0.15) is 0 Å². The van der Waals surface area contributed by atoms with E-state index in [1.807, 2.05) is 104 Å². The number of carbonyl (C=O) groups excluding carboxylic acids is 2. The Bertz CT molecular complexity index is 2690. The summed E-state index contributed by atoms with van der Waals surface area (Å²) in [6, 6.07) is 44.6. The van der Waals surface area contributed by atoms with Crippen LogP contribution in [-0.4, -0.2) is 103 Å². The maximum Gasteiger partial charge on any atom is 0.343 e. The van der Waals surface area contributed by atoms with Crippen LogP contribution in [0.1, 0.15) is 71.1 Å². The molecule has 1 aliphatic heterocycles. The second-order valence-corrected chi connectivity index (χ2v) is 17.7. The smallest absolute Gasteiger partial charge is 0.343 e. The molecule has 0 saturated carbocycles. The van der Waals surface area contributed by atoms with E-state index in [1.54, 1.807) is 52.7 Å². The first-order chi connectivity index (χ1) is 37.4. The summed E-state index contributed by atoms with van der Waals surface area (Å²) in [7, 11) is 11.3. The highest BCUT2D eigenvalue weighted by Gasteiger charge is 2.10. The molecule has 6 aromatic heterocycles. The number of aromatic carboxylic acids is 1. The molecular weight excluding hydrogens is 967 g/mol. The Morgan fingerprint density at radius 3 is 1.51 bits per heavy atom. The number of aromatic amines is 5. The number of likely N-dealkylation sites (tertiary alicyclic amines) is 1. The van der Waals surface area contributed by atoms with Crippen molar-refractivity contribution in [3.8, 4) is 0 Å². The zero-order chi connectivity index (χ0) is 56.3. The molecule has 7 heterocycles. The van der Waals surface area contributed by atoms with Gasteiger partial charge < -0.3 is 29.3 Å². The van der Waals surface area contributed by atoms with Crippen LogP contribution < -0.4 is 39.6 Å². The third-order valence-electron chi connectivity index (χ3n) is 11.1. The van der Waals surface area contributed by atoms with Crippen molar-refractivity contribution in [1.29, 1.82) is 0 Å². The summed E-state index contributed by atoms with van der Waals surface area (Å²) in [5.74, 6) is -1.59. The molecule has 1 saturated heterocycles. The van der Waals surface area contributed by atoms with E-state index in [0.29, 0.717) is 11.1 Å². The number of methoxy groups -OCH3 is 2. The Hall–Kier alpha value is -8.37. The molecule has 9 N–H and O–H groups in total. The topological polar surface area (TPSA) is 187 Å². The molecule has 77 heavy (non-hydrogen) atoms. The van der Waals surface area contributed by atoms with Gasteiger partial charge in [-0.05, 0) is 94.0 Å². The molecule has 0 aliphatic carbocycles. The van der Waals surface area contributed by atoms with Gasteiger partial charge in [-0.3, -0.25) is 4.98 Å². The molecule has 10 rings (SSSR count). The molecule has 1 aliphatic rings. The normalized spacial score (nSPS) is 10.9. The lowest BCUT2D eigenvalue weighted by Crippen LogP contribution is -3.11. The molecule has 15 heteroatoms. The van der Waals surface area contributed by atoms with Crippen LogP contribution in [0.2, 0.25) is 0 Å². The van der Waals surface area contributed by atoms with Crippen molar-refractivity contribution in [2.45, 2.75) is 40.0 Å². The molecule has 0 amide bonds. The number of piperidine rings is 1. The molecule has 3 aromatic carbocycles. The number of carbonyl (C=O) groups is 3. The number of nitrogens with zero attached hydrogens (tertiary/aromatic N) is 1. The number of pyridine rings is 6. The molecule has 1 fully saturated rings. The number of carboxylic acid groups (broad SMARTS) is 1. The van der Waals surface area contributed by atoms with E-state index >= 15 is 0 Å². The van der Waals surface area contributed by atoms with Crippen molar-refractivity contribution >= 4 is 50.5 Å². The minimum atomic E-state index is -0.942. The van der Waals surface area contributed by atoms with Crippen molar-refractivity contribution in [1.82, 2.24) is 4.98 Å². The number of aromatic nitrogens is 6. The van der Waals surface area contributed by atoms with E-state index in [-0.39, 0.29) is 17.5 Å². The van der Waals surface area contributed by atoms with Gasteiger partial charge in [-0.1, -0.05) is 48.5 Å². The number of ether oxygens (including phenoxy) is 2. The summed E-state index contributed by atoms with van der Waals surface area (Å²) in [5, 5.41) is 13.1. The van der Waals surface area contributed by atoms with Crippen LogP contribution in [0.25, 0.3) is 32.6 Å². The van der Waals surface area contributed by atoms with Gasteiger partial charge in [-0.25, -0.2) is 39.3 Å². The van der Waals surface area contributed by atoms with Gasteiger partial charge in [0.1, 0.15) is 11.1 Å². The molecule has 9 aromatic rings. The molecule has 0 unspecified atom stereocenters. The number of hydrogen-bond donors (Lipinski definition) is 4. The van der Waals surface area contributed by atoms with Crippen molar-refractivity contribution < 1.29 is 68.6 Å². The van der Waals surface area contributed by atoms with Crippen LogP contribution in [0, 0.1) is 0 Å². The lowest BCUT2D eigenvalue weighted by atomic mass is 10.1. The van der Waals surface area contributed by atoms with Crippen LogP contribution in [-0.2, 0) is 9.47 Å². The van der Waals surface area contributed by atoms with E-state index in [2.05, 4.69) is 125 Å². The number of H-pyrrole nitrogens is 5. The number of benzene rings is 3. The molecule has 406 valence electrons. The monoisotopic (exact) mass is 1050 g/mol. The fraction of sp³-hybridized carbons (Fsp3) is 0.274. The van der Waals surface area contributed by atoms with Crippen LogP contribution in [0.5, 0.6) is 0 Å². The van der Waals surface area contributed by atoms with Crippen LogP contribution >= 0.6 is 0 Å². The molecule has 0 bridgehead atoms. The summed E-state index contributed by atoms with van der Waals surface area (Å²) in [6.07, 6.45) is 21.8. The third-order valence-corrected chi connectivity index (χ3v) is 11.1. The number of esters is 2. The molecule has 15 nitrogen and oxygen atoms in total. The number of nitrogens with one attached hydrogen (secondary N) is 8. The van der Waals surface area contributed by atoms with Gasteiger partial charge >= 0.3 is 17.9 Å². The van der Waals surface area contributed by atoms with Gasteiger partial charge in [-0.15, -0.1) is 0 Å². The van der Waals surface area contributed by atoms with Gasteiger partial charge in [0.2, 0.25) is 11.0 Å². The minimum absolute atomic E-state index is 0.220. The minimum Gasteiger partial charge on any atom is -0.478 e. The Morgan fingerprint density at radius 2 is 1.05 bits per heavy atom. The second-order valence-electron chi connectivity index (χ2n) is 17.7. The number of para-hydroxylation sites is 2. The number of quaternary nitrogens is 3. The highest BCUT2D eigenvalue weighted by atomic mass is 16.5. The van der Waals surface area contributed by atoms with Crippen molar-refractivity contribution in [3.63, 3.8) is 0 Å². The molecule has 0 atom stereocenters. The van der Waals surface area contributed by atoms with Crippen LogP contribution in [0.3, 0.4) is 0 Å². The lowest BCUT2D eigenvalue weighted by Gasteiger charge is -2.17. The fourth-order valence-electron chi connectivity index (χ4n) is 6.86. The summed E-state index contributed by atoms with van der Waals surface area (Å²) in [4.78, 5) is 55.5. The maximum atomic E-state index is 11.2. The van der Waals surface area contributed by atoms with Gasteiger partial charge in [0.25, 0.3) is 0 Å². The van der Waals surface area contributed by atoms with Crippen LogP contribution in [0.15, 0.2) is 201 Å². The first-order valence-corrected chi connectivity index (χ1v) is 26.1. The first-order valence-electron chi connectivity index (χ1n) is 26.1. The molecule has 0 radical (unpaired) electrons. The van der Waals surface area contributed by atoms with Gasteiger partial charge in [0.15, 0.2) is 49.6 Å². The second kappa shape index (κ2) is 40.9. The summed E-state index contributed by atoms with van der Waals surface area (Å²) < 4.78 is 9.10. The van der Waals surface area contributed by atoms with E-state index < -0.39 is 5.97 Å². The van der Waals surface area contributed by atoms with Gasteiger partial charge in [0, 0.05) is 71.0 Å². The largest absolute Gasteiger partial charge is 0.478 e. The SMILES string of the molecule is CC[NH+](CC)CC.COC(=O)c1c[nH+]c2ccccc2c1.COC(=O)c1ccc[nH+]c1.C[NH+](C)C.C[NH+]1CCCCC1.O=C(O)c1cccnc1.c1cc[nH+]cc1.c1ccc2[nH+]cccc2c1.c1ccc2c[nH+]ccc2c1. The maximum absolute atomic E-state index is 11.2. The zero-order valence-corrected chi connectivity index (χ0v) is 46.6. The van der Waals surface area contributed by atoms with E-state index in [0.717, 1.165) is 10.9 Å². The summed E-state index contributed by atoms with van der Waals surface area (Å²) in [5.41, 5.74) is 3.47. The average Bonchev–Trinajstić information content (AvgIpc) is 3.49. The quantitative estimate of drug-likeness (QED) is 0.174. The molecule has 0 spiro atoms. The van der Waals surface area contributed by atoms with Crippen molar-refractivity contribution in [2.75, 3.05) is 75.1 Å². The summed E-state index contributed by atoms with van der Waals surface area (Å²) >= 11 is 0. The Kier molecular flexibility index (Phi) is 34.4. The van der Waals surface area contributed by atoms with Crippen molar-refractivity contribution in [3.05, 3.63) is 218 Å². The van der Waals surface area contributed by atoms with E-state index in [4.69, 9.17) is 5.11 Å². The standard InChI is InChI=1S/C11H9NO2.2C9H7N.C7H7NO2.C6H5NO2.C6H13N.C6H15N.C5H5N.C3H9N/c1-14-11(13)9-6-8-4-2-3-5-10(8)12-7-9;1-2-6-9-8(4-1)5-3-7-10-9;1-2-4-9-7-10-6-5-8(9)3-1;1-10-7(9)6-3-2-4-8-5-6;8-6(9)5-2-1-3-7-4-5;1-7-5-3-2-4-6-7;1-4-7(5-2)6-3;1-2-4-6-5-3-1;1-4(2)3/h2-7H,1H3;2*1-7H;2-5H,1H3;1-4H,(H,8,9);2-6H2,1H3;4-6H2,1-3H3;1-5H;1-3H3/p+8. The van der Waals surface area contributed by atoms with Crippen molar-refractivity contribution in [2.24, 2.45) is 0 Å². The van der Waals surface area contributed by atoms with Gasteiger partial charge in [0.05, 0.1) is 80.7 Å². The highest BCUT2D eigenvalue weighted by Crippen LogP contribution is 2.11. The fourth-order valence-corrected chi connectivity index (χ4v) is 6.86. The summed E-state index contributed by atoms with van der Waals surface area (Å²) in [6.45, 7) is 13.3. The predicted molar refractivity (Wildman–Crippen MR) is 303 cm³/mol. The predicted octanol–water partition coefficient (Wildman–Crippen LogP) is 4.69.